The van der Waals surface area contributed by atoms with E-state index in [-0.39, 0.29) is 24.9 Å². The Morgan fingerprint density at radius 2 is 1.81 bits per heavy atom. The highest BCUT2D eigenvalue weighted by Gasteiger charge is 2.21. The van der Waals surface area contributed by atoms with E-state index < -0.39 is 0 Å². The maximum Gasteiger partial charge on any atom is 0.260 e. The molecule has 1 aliphatic rings. The second-order valence-electron chi connectivity index (χ2n) is 6.35. The van der Waals surface area contributed by atoms with Crippen LogP contribution in [0.4, 0.5) is 0 Å². The van der Waals surface area contributed by atoms with E-state index in [1.165, 1.54) is 0 Å². The number of para-hydroxylation sites is 1. The molecule has 0 atom stereocenters. The van der Waals surface area contributed by atoms with Crippen LogP contribution in [0.2, 0.25) is 0 Å². The molecule has 6 heteroatoms. The van der Waals surface area contributed by atoms with E-state index in [1.54, 1.807) is 0 Å². The highest BCUT2D eigenvalue weighted by atomic mass is 35.5. The van der Waals surface area contributed by atoms with Crippen LogP contribution in [0.25, 0.3) is 0 Å². The first-order valence-corrected chi connectivity index (χ1v) is 8.81. The van der Waals surface area contributed by atoms with Crippen molar-refractivity contribution in [2.24, 2.45) is 0 Å². The number of rotatable bonds is 6. The number of carbonyl (C=O) groups excluding carboxylic acids is 1. The van der Waals surface area contributed by atoms with E-state index in [4.69, 9.17) is 4.74 Å². The lowest BCUT2D eigenvalue weighted by molar-refractivity contribution is -0.135. The van der Waals surface area contributed by atoms with Crippen molar-refractivity contribution >= 4 is 18.3 Å². The van der Waals surface area contributed by atoms with Crippen LogP contribution in [-0.4, -0.2) is 60.0 Å². The van der Waals surface area contributed by atoms with Gasteiger partial charge in [0.05, 0.1) is 0 Å². The van der Waals surface area contributed by atoms with Crippen LogP contribution in [0.5, 0.6) is 5.75 Å². The predicted octanol–water partition coefficient (Wildman–Crippen LogP) is 2.58. The minimum atomic E-state index is 0. The summed E-state index contributed by atoms with van der Waals surface area (Å²) in [6.45, 7) is 6.42. The molecule has 2 aromatic rings. The van der Waals surface area contributed by atoms with Crippen molar-refractivity contribution in [3.63, 3.8) is 0 Å². The summed E-state index contributed by atoms with van der Waals surface area (Å²) in [6.07, 6.45) is 2.78. The van der Waals surface area contributed by atoms with Gasteiger partial charge in [-0.15, -0.1) is 12.4 Å². The molecule has 140 valence electrons. The topological polar surface area (TPSA) is 45.7 Å². The van der Waals surface area contributed by atoms with Gasteiger partial charge in [0.25, 0.3) is 5.91 Å². The summed E-state index contributed by atoms with van der Waals surface area (Å²) < 4.78 is 5.67. The molecule has 5 nitrogen and oxygen atoms in total. The minimum Gasteiger partial charge on any atom is -0.484 e. The van der Waals surface area contributed by atoms with Crippen molar-refractivity contribution in [1.82, 2.24) is 14.8 Å². The Morgan fingerprint density at radius 1 is 1.08 bits per heavy atom. The Kier molecular flexibility index (Phi) is 7.88. The number of pyridine rings is 1. The zero-order valence-electron chi connectivity index (χ0n) is 15.1. The standard InChI is InChI=1S/C20H25N3O2.ClH/c1-17-6-2-3-8-19(17)25-16-20(24)23-14-12-22(13-15-23)11-9-18-7-4-5-10-21-18;/h2-8,10H,9,11-16H2,1H3;1H. The molecule has 1 amide bonds. The van der Waals surface area contributed by atoms with Gasteiger partial charge in [-0.2, -0.15) is 0 Å². The third-order valence-corrected chi connectivity index (χ3v) is 4.58. The zero-order valence-corrected chi connectivity index (χ0v) is 16.0. The first kappa shape index (κ1) is 20.2. The fraction of sp³-hybridized carbons (Fsp3) is 0.400. The SMILES string of the molecule is Cc1ccccc1OCC(=O)N1CCN(CCc2ccccn2)CC1.Cl. The molecule has 1 aromatic carbocycles. The van der Waals surface area contributed by atoms with E-state index in [0.717, 1.165) is 56.2 Å². The lowest BCUT2D eigenvalue weighted by atomic mass is 10.2. The fourth-order valence-electron chi connectivity index (χ4n) is 2.99. The van der Waals surface area contributed by atoms with Crippen molar-refractivity contribution in [2.45, 2.75) is 13.3 Å². The zero-order chi connectivity index (χ0) is 17.5. The van der Waals surface area contributed by atoms with Gasteiger partial charge >= 0.3 is 0 Å². The van der Waals surface area contributed by atoms with Crippen LogP contribution in [0.15, 0.2) is 48.7 Å². The molecule has 1 aromatic heterocycles. The average molecular weight is 376 g/mol. The molecule has 0 unspecified atom stereocenters. The molecule has 1 fully saturated rings. The summed E-state index contributed by atoms with van der Waals surface area (Å²) in [5.74, 6) is 0.845. The molecule has 3 rings (SSSR count). The van der Waals surface area contributed by atoms with Gasteiger partial charge in [0.15, 0.2) is 6.61 Å². The molecule has 0 aliphatic carbocycles. The number of aromatic nitrogens is 1. The molecule has 0 saturated carbocycles. The summed E-state index contributed by atoms with van der Waals surface area (Å²) in [4.78, 5) is 21.0. The summed E-state index contributed by atoms with van der Waals surface area (Å²) in [5.41, 5.74) is 2.17. The molecule has 2 heterocycles. The van der Waals surface area contributed by atoms with Gasteiger partial charge < -0.3 is 9.64 Å². The number of piperazine rings is 1. The van der Waals surface area contributed by atoms with E-state index in [9.17, 15) is 4.79 Å². The third kappa shape index (κ3) is 5.71. The molecule has 0 bridgehead atoms. The maximum atomic E-state index is 12.3. The van der Waals surface area contributed by atoms with Crippen LogP contribution in [-0.2, 0) is 11.2 Å². The van der Waals surface area contributed by atoms with E-state index in [1.807, 2.05) is 54.4 Å². The average Bonchev–Trinajstić information content (AvgIpc) is 2.67. The number of benzene rings is 1. The van der Waals surface area contributed by atoms with Crippen molar-refractivity contribution in [3.8, 4) is 5.75 Å². The van der Waals surface area contributed by atoms with Gasteiger partial charge in [-0.3, -0.25) is 14.7 Å². The Hall–Kier alpha value is -2.11. The molecule has 0 spiro atoms. The number of hydrogen-bond acceptors (Lipinski definition) is 4. The number of ether oxygens (including phenoxy) is 1. The molecule has 1 saturated heterocycles. The Morgan fingerprint density at radius 3 is 2.50 bits per heavy atom. The van der Waals surface area contributed by atoms with E-state index >= 15 is 0 Å². The monoisotopic (exact) mass is 375 g/mol. The number of carbonyl (C=O) groups is 1. The van der Waals surface area contributed by atoms with Gasteiger partial charge in [0.2, 0.25) is 0 Å². The van der Waals surface area contributed by atoms with Crippen LogP contribution in [0, 0.1) is 6.92 Å². The number of aryl methyl sites for hydroxylation is 1. The van der Waals surface area contributed by atoms with Crippen molar-refractivity contribution in [2.75, 3.05) is 39.3 Å². The second-order valence-corrected chi connectivity index (χ2v) is 6.35. The van der Waals surface area contributed by atoms with Gasteiger partial charge in [0.1, 0.15) is 5.75 Å². The number of hydrogen-bond donors (Lipinski definition) is 0. The highest BCUT2D eigenvalue weighted by Crippen LogP contribution is 2.16. The van der Waals surface area contributed by atoms with Crippen LogP contribution in [0.3, 0.4) is 0 Å². The number of nitrogens with zero attached hydrogens (tertiary/aromatic N) is 3. The maximum absolute atomic E-state index is 12.3. The van der Waals surface area contributed by atoms with Gasteiger partial charge in [-0.1, -0.05) is 24.3 Å². The molecule has 26 heavy (non-hydrogen) atoms. The first-order valence-electron chi connectivity index (χ1n) is 8.81. The van der Waals surface area contributed by atoms with Gasteiger partial charge in [-0.05, 0) is 30.7 Å². The van der Waals surface area contributed by atoms with E-state index in [0.29, 0.717) is 0 Å². The quantitative estimate of drug-likeness (QED) is 0.778. The van der Waals surface area contributed by atoms with Crippen LogP contribution >= 0.6 is 12.4 Å². The van der Waals surface area contributed by atoms with Crippen LogP contribution in [0.1, 0.15) is 11.3 Å². The molecule has 1 aliphatic heterocycles. The fourth-order valence-corrected chi connectivity index (χ4v) is 2.99. The smallest absolute Gasteiger partial charge is 0.260 e. The molecular weight excluding hydrogens is 350 g/mol. The summed E-state index contributed by atoms with van der Waals surface area (Å²) in [6, 6.07) is 13.8. The van der Waals surface area contributed by atoms with Crippen LogP contribution < -0.4 is 4.74 Å². The number of halogens is 1. The lowest BCUT2D eigenvalue weighted by Gasteiger charge is -2.34. The summed E-state index contributed by atoms with van der Waals surface area (Å²) >= 11 is 0. The minimum absolute atomic E-state index is 0. The van der Waals surface area contributed by atoms with E-state index in [2.05, 4.69) is 16.0 Å². The third-order valence-electron chi connectivity index (χ3n) is 4.58. The normalized spacial score (nSPS) is 14.6. The summed E-state index contributed by atoms with van der Waals surface area (Å²) in [5, 5.41) is 0. The largest absolute Gasteiger partial charge is 0.484 e. The van der Waals surface area contributed by atoms with Gasteiger partial charge in [-0.25, -0.2) is 0 Å². The molecular formula is C20H26ClN3O2. The Balaban J connectivity index is 0.00000243. The van der Waals surface area contributed by atoms with Crippen molar-refractivity contribution < 1.29 is 9.53 Å². The molecule has 0 radical (unpaired) electrons. The lowest BCUT2D eigenvalue weighted by Crippen LogP contribution is -2.50. The van der Waals surface area contributed by atoms with Crippen molar-refractivity contribution in [3.05, 3.63) is 59.9 Å². The van der Waals surface area contributed by atoms with Crippen molar-refractivity contribution in [1.29, 1.82) is 0 Å². The Bertz CT molecular complexity index is 688. The first-order chi connectivity index (χ1) is 12.2. The second kappa shape index (κ2) is 10.1. The molecule has 0 N–H and O–H groups in total. The highest BCUT2D eigenvalue weighted by molar-refractivity contribution is 5.85. The number of amides is 1. The summed E-state index contributed by atoms with van der Waals surface area (Å²) in [7, 11) is 0. The van der Waals surface area contributed by atoms with Gasteiger partial charge in [0, 0.05) is 51.0 Å². The Labute approximate surface area is 161 Å². The predicted molar refractivity (Wildman–Crippen MR) is 105 cm³/mol.